The number of unbranched alkanes of at least 4 members (excludes halogenated alkanes) is 3. The third-order valence-electron chi connectivity index (χ3n) is 4.84. The molecule has 16 heteroatoms. The molecule has 0 aromatic carbocycles. The van der Waals surface area contributed by atoms with E-state index >= 15 is 0 Å². The Bertz CT molecular complexity index is 692. The van der Waals surface area contributed by atoms with Gasteiger partial charge < -0.3 is 0 Å². The van der Waals surface area contributed by atoms with Crippen LogP contribution in [0.2, 0.25) is 0 Å². The van der Waals surface area contributed by atoms with Gasteiger partial charge in [-0.15, -0.1) is 0 Å². The summed E-state index contributed by atoms with van der Waals surface area (Å²) in [6.07, 6.45) is -5.21. The van der Waals surface area contributed by atoms with Crippen LogP contribution in [0, 0.1) is 0 Å². The molecule has 204 valence electrons. The molecule has 0 amide bonds. The van der Waals surface area contributed by atoms with Crippen molar-refractivity contribution in [1.82, 2.24) is 0 Å². The molecule has 0 aromatic heterocycles. The normalized spacial score (nSPS) is 15.9. The van der Waals surface area contributed by atoms with Crippen molar-refractivity contribution in [3.05, 3.63) is 12.2 Å². The highest BCUT2D eigenvalue weighted by Gasteiger charge is 2.94. The fourth-order valence-corrected chi connectivity index (χ4v) is 2.57. The van der Waals surface area contributed by atoms with Gasteiger partial charge in [0.15, 0.2) is 0 Å². The summed E-state index contributed by atoms with van der Waals surface area (Å²) in [6.45, 7) is 2.35. The van der Waals surface area contributed by atoms with E-state index in [0.29, 0.717) is 12.5 Å². The number of hydrogen-bond donors (Lipinski definition) is 0. The molecule has 34 heavy (non-hydrogen) atoms. The first-order valence-corrected chi connectivity index (χ1v) is 9.51. The molecule has 0 atom stereocenters. The predicted molar refractivity (Wildman–Crippen MR) is 87.8 cm³/mol. The van der Waals surface area contributed by atoms with Crippen LogP contribution in [0.5, 0.6) is 0 Å². The number of halogens is 16. The lowest BCUT2D eigenvalue weighted by Crippen LogP contribution is -2.74. The maximum atomic E-state index is 13.7. The van der Waals surface area contributed by atoms with E-state index in [-0.39, 0.29) is 18.9 Å². The Balaban J connectivity index is 6.48. The predicted octanol–water partition coefficient (Wildman–Crippen LogP) is 9.01. The van der Waals surface area contributed by atoms with Crippen LogP contribution in [0.15, 0.2) is 12.2 Å². The van der Waals surface area contributed by atoms with Crippen LogP contribution in [-0.4, -0.2) is 47.4 Å². The lowest BCUT2D eigenvalue weighted by Gasteiger charge is -2.43. The Morgan fingerprint density at radius 2 is 0.824 bits per heavy atom. The van der Waals surface area contributed by atoms with Gasteiger partial charge >= 0.3 is 47.4 Å². The van der Waals surface area contributed by atoms with Crippen molar-refractivity contribution < 1.29 is 70.2 Å². The van der Waals surface area contributed by atoms with E-state index in [4.69, 9.17) is 0 Å². The Labute approximate surface area is 183 Å². The van der Waals surface area contributed by atoms with Crippen LogP contribution >= 0.6 is 0 Å². The quantitative estimate of drug-likeness (QED) is 0.117. The van der Waals surface area contributed by atoms with Gasteiger partial charge in [-0.3, -0.25) is 0 Å². The molecule has 0 aliphatic heterocycles. The molecule has 0 rings (SSSR count). The van der Waals surface area contributed by atoms with Gasteiger partial charge in [0.25, 0.3) is 0 Å². The van der Waals surface area contributed by atoms with E-state index in [1.54, 1.807) is 0 Å². The summed E-state index contributed by atoms with van der Waals surface area (Å²) in [5.41, 5.74) is 0. The van der Waals surface area contributed by atoms with Gasteiger partial charge in [-0.2, -0.15) is 70.2 Å². The Morgan fingerprint density at radius 1 is 0.471 bits per heavy atom. The average molecular weight is 540 g/mol. The van der Waals surface area contributed by atoms with E-state index in [1.807, 2.05) is 0 Å². The monoisotopic (exact) mass is 540 g/mol. The summed E-state index contributed by atoms with van der Waals surface area (Å²) in [5, 5.41) is 0. The van der Waals surface area contributed by atoms with Gasteiger partial charge in [0.05, 0.1) is 0 Å². The molecule has 0 saturated carbocycles. The molecule has 0 nitrogen and oxygen atoms in total. The second-order valence-corrected chi connectivity index (χ2v) is 7.44. The first-order valence-electron chi connectivity index (χ1n) is 9.51. The van der Waals surface area contributed by atoms with E-state index in [0.717, 1.165) is 6.92 Å². The maximum absolute atomic E-state index is 13.7. The molecule has 0 spiro atoms. The number of allylic oxidation sites excluding steroid dienone is 2. The van der Waals surface area contributed by atoms with E-state index in [1.165, 1.54) is 6.92 Å². The Kier molecular flexibility index (Phi) is 9.53. The summed E-state index contributed by atoms with van der Waals surface area (Å²) in [7, 11) is 0. The zero-order valence-electron chi connectivity index (χ0n) is 17.4. The van der Waals surface area contributed by atoms with E-state index < -0.39 is 66.6 Å². The first-order chi connectivity index (χ1) is 14.9. The van der Waals surface area contributed by atoms with Crippen molar-refractivity contribution in [3.63, 3.8) is 0 Å². The molecule has 0 fully saturated rings. The van der Waals surface area contributed by atoms with E-state index in [2.05, 4.69) is 0 Å². The van der Waals surface area contributed by atoms with Gasteiger partial charge in [0.2, 0.25) is 0 Å². The van der Waals surface area contributed by atoms with Crippen LogP contribution in [0.25, 0.3) is 0 Å². The van der Waals surface area contributed by atoms with Crippen LogP contribution < -0.4 is 0 Å². The van der Waals surface area contributed by atoms with E-state index in [9.17, 15) is 70.2 Å². The topological polar surface area (TPSA) is 0 Å². The van der Waals surface area contributed by atoms with Crippen LogP contribution in [0.1, 0.15) is 52.4 Å². The summed E-state index contributed by atoms with van der Waals surface area (Å²) in [5.74, 6) is -60.4. The van der Waals surface area contributed by atoms with Gasteiger partial charge in [-0.05, 0) is 13.3 Å². The van der Waals surface area contributed by atoms with Crippen LogP contribution in [0.4, 0.5) is 70.2 Å². The largest absolute Gasteiger partial charge is 0.384 e. The zero-order chi connectivity index (χ0) is 27.7. The molecular formula is C18H20F16. The lowest BCUT2D eigenvalue weighted by molar-refractivity contribution is -0.453. The van der Waals surface area contributed by atoms with Gasteiger partial charge in [-0.25, -0.2) is 0 Å². The highest BCUT2D eigenvalue weighted by molar-refractivity contribution is 5.16. The minimum absolute atomic E-state index is 0.00211. The van der Waals surface area contributed by atoms with Crippen molar-refractivity contribution in [2.24, 2.45) is 0 Å². The molecular weight excluding hydrogens is 520 g/mol. The van der Waals surface area contributed by atoms with Gasteiger partial charge in [0.1, 0.15) is 0 Å². The molecule has 0 aliphatic carbocycles. The first kappa shape index (κ1) is 32.6. The smallest absolute Gasteiger partial charge is 0.200 e. The second-order valence-electron chi connectivity index (χ2n) is 7.44. The number of rotatable bonds is 14. The van der Waals surface area contributed by atoms with Crippen molar-refractivity contribution in [2.45, 2.75) is 99.8 Å². The summed E-state index contributed by atoms with van der Waals surface area (Å²) >= 11 is 0. The van der Waals surface area contributed by atoms with Gasteiger partial charge in [-0.1, -0.05) is 38.3 Å². The van der Waals surface area contributed by atoms with Crippen molar-refractivity contribution in [2.75, 3.05) is 0 Å². The van der Waals surface area contributed by atoms with Crippen molar-refractivity contribution in [3.8, 4) is 0 Å². The van der Waals surface area contributed by atoms with Crippen LogP contribution in [-0.2, 0) is 0 Å². The van der Waals surface area contributed by atoms with Gasteiger partial charge in [0, 0.05) is 12.8 Å². The molecule has 0 radical (unpaired) electrons. The summed E-state index contributed by atoms with van der Waals surface area (Å²) in [4.78, 5) is 0. The molecule has 0 saturated heterocycles. The lowest BCUT2D eigenvalue weighted by atomic mass is 9.86. The van der Waals surface area contributed by atoms with Crippen LogP contribution in [0.3, 0.4) is 0 Å². The fraction of sp³-hybridized carbons (Fsp3) is 0.889. The summed E-state index contributed by atoms with van der Waals surface area (Å²) < 4.78 is 218. The van der Waals surface area contributed by atoms with Crippen molar-refractivity contribution in [1.29, 1.82) is 0 Å². The molecule has 0 heterocycles. The third kappa shape index (κ3) is 4.96. The minimum Gasteiger partial charge on any atom is -0.200 e. The summed E-state index contributed by atoms with van der Waals surface area (Å²) in [6, 6.07) is 0. The highest BCUT2D eigenvalue weighted by atomic mass is 19.4. The SMILES string of the molecule is C/C=C/CC(F)(F)C(F)(F)C(F)(F)C(F)(F)C(F)(F)C(F)(F)C(F)(F)C(F)(F)CCCCCC. The molecule has 0 aliphatic rings. The molecule has 0 aromatic rings. The number of hydrogen-bond acceptors (Lipinski definition) is 0. The van der Waals surface area contributed by atoms with Crippen molar-refractivity contribution >= 4 is 0 Å². The molecule has 0 bridgehead atoms. The molecule has 0 N–H and O–H groups in total. The second kappa shape index (κ2) is 9.94. The maximum Gasteiger partial charge on any atom is 0.384 e. The Morgan fingerprint density at radius 3 is 1.18 bits per heavy atom. The minimum atomic E-state index is -8.35. The standard InChI is InChI=1S/C18H20F16/c1-3-5-7-8-10-12(21,22)14(25,26)16(29,30)18(33,34)17(31,32)15(27,28)13(23,24)11(19,20)9-6-4-2/h4,6H,3,5,7-10H2,1-2H3/b6-4+. The third-order valence-corrected chi connectivity index (χ3v) is 4.84. The average Bonchev–Trinajstić information content (AvgIpc) is 2.68. The highest BCUT2D eigenvalue weighted by Crippen LogP contribution is 2.64. The zero-order valence-corrected chi connectivity index (χ0v) is 17.4. The Hall–Kier alpha value is -1.38. The molecule has 0 unspecified atom stereocenters. The number of alkyl halides is 16. The fourth-order valence-electron chi connectivity index (χ4n) is 2.57.